The second-order valence-electron chi connectivity index (χ2n) is 4.64. The van der Waals surface area contributed by atoms with Crippen molar-refractivity contribution in [2.75, 3.05) is 6.61 Å². The third-order valence-electron chi connectivity index (χ3n) is 3.12. The Morgan fingerprint density at radius 1 is 1.61 bits per heavy atom. The molecule has 1 fully saturated rings. The first kappa shape index (κ1) is 13.6. The molecule has 1 saturated carbocycles. The molecular weight excluding hydrogens is 252 g/mol. The summed E-state index contributed by atoms with van der Waals surface area (Å²) in [6, 6.07) is 0. The molecule has 0 aliphatic heterocycles. The Balaban J connectivity index is 2.22. The molecule has 1 aromatic heterocycles. The van der Waals surface area contributed by atoms with E-state index < -0.39 is 0 Å². The number of Topliss-reactive ketones (excluding diaryl/α,β-unsaturated/α-hetero) is 1. The lowest BCUT2D eigenvalue weighted by Crippen LogP contribution is -2.29. The molecule has 1 atom stereocenters. The van der Waals surface area contributed by atoms with E-state index in [-0.39, 0.29) is 11.9 Å². The van der Waals surface area contributed by atoms with Gasteiger partial charge in [0.25, 0.3) is 0 Å². The summed E-state index contributed by atoms with van der Waals surface area (Å²) in [6.07, 6.45) is 4.24. The number of ketones is 1. The minimum absolute atomic E-state index is 0.0182. The van der Waals surface area contributed by atoms with Gasteiger partial charge in [-0.3, -0.25) is 9.48 Å². The van der Waals surface area contributed by atoms with Gasteiger partial charge >= 0.3 is 0 Å². The van der Waals surface area contributed by atoms with Gasteiger partial charge in [-0.15, -0.1) is 0 Å². The highest BCUT2D eigenvalue weighted by Gasteiger charge is 2.39. The zero-order chi connectivity index (χ0) is 13.1. The molecule has 100 valence electrons. The lowest BCUT2D eigenvalue weighted by Gasteiger charge is -2.16. The van der Waals surface area contributed by atoms with E-state index in [1.54, 1.807) is 10.9 Å². The molecular formula is C13H19ClN2O2. The van der Waals surface area contributed by atoms with Crippen LogP contribution in [-0.4, -0.2) is 28.3 Å². The second kappa shape index (κ2) is 5.85. The first-order valence-corrected chi connectivity index (χ1v) is 6.93. The SMILES string of the molecule is CCCn1ncc(Cl)c1C(=O)C(OCC)C1CC1. The normalized spacial score (nSPS) is 16.8. The molecule has 4 nitrogen and oxygen atoms in total. The Bertz CT molecular complexity index is 427. The quantitative estimate of drug-likeness (QED) is 0.716. The molecule has 0 bridgehead atoms. The molecule has 0 radical (unpaired) electrons. The molecule has 1 aliphatic rings. The third kappa shape index (κ3) is 2.75. The predicted molar refractivity (Wildman–Crippen MR) is 70.0 cm³/mol. The van der Waals surface area contributed by atoms with E-state index in [0.717, 1.165) is 19.3 Å². The molecule has 5 heteroatoms. The number of carbonyl (C=O) groups is 1. The van der Waals surface area contributed by atoms with Crippen molar-refractivity contribution in [2.45, 2.75) is 45.8 Å². The summed E-state index contributed by atoms with van der Waals surface area (Å²) in [7, 11) is 0. The number of nitrogens with zero attached hydrogens (tertiary/aromatic N) is 2. The number of rotatable bonds is 7. The van der Waals surface area contributed by atoms with E-state index in [4.69, 9.17) is 16.3 Å². The van der Waals surface area contributed by atoms with Crippen molar-refractivity contribution in [3.8, 4) is 0 Å². The van der Waals surface area contributed by atoms with Crippen LogP contribution in [0.1, 0.15) is 43.6 Å². The summed E-state index contributed by atoms with van der Waals surface area (Å²) in [6.45, 7) is 5.21. The number of hydrogen-bond donors (Lipinski definition) is 0. The van der Waals surface area contributed by atoms with Crippen LogP contribution >= 0.6 is 11.6 Å². The lowest BCUT2D eigenvalue weighted by atomic mass is 10.1. The fourth-order valence-electron chi connectivity index (χ4n) is 2.13. The summed E-state index contributed by atoms with van der Waals surface area (Å²) < 4.78 is 7.28. The zero-order valence-electron chi connectivity index (χ0n) is 10.9. The van der Waals surface area contributed by atoms with Crippen LogP contribution in [0.2, 0.25) is 5.02 Å². The summed E-state index contributed by atoms with van der Waals surface area (Å²) in [4.78, 5) is 12.5. The monoisotopic (exact) mass is 270 g/mol. The van der Waals surface area contributed by atoms with Gasteiger partial charge in [0.15, 0.2) is 0 Å². The highest BCUT2D eigenvalue weighted by atomic mass is 35.5. The maximum atomic E-state index is 12.5. The van der Waals surface area contributed by atoms with Gasteiger partial charge in [-0.1, -0.05) is 18.5 Å². The van der Waals surface area contributed by atoms with Crippen molar-refractivity contribution in [3.05, 3.63) is 16.9 Å². The van der Waals surface area contributed by atoms with E-state index in [9.17, 15) is 4.79 Å². The summed E-state index contributed by atoms with van der Waals surface area (Å²) in [5.74, 6) is 0.341. The Morgan fingerprint density at radius 2 is 2.33 bits per heavy atom. The van der Waals surface area contributed by atoms with Crippen molar-refractivity contribution in [1.82, 2.24) is 9.78 Å². The van der Waals surface area contributed by atoms with Crippen molar-refractivity contribution < 1.29 is 9.53 Å². The van der Waals surface area contributed by atoms with Crippen molar-refractivity contribution in [2.24, 2.45) is 5.92 Å². The van der Waals surface area contributed by atoms with Crippen LogP contribution in [0.15, 0.2) is 6.20 Å². The minimum atomic E-state index is -0.347. The van der Waals surface area contributed by atoms with E-state index in [1.807, 2.05) is 13.8 Å². The Morgan fingerprint density at radius 3 is 2.89 bits per heavy atom. The van der Waals surface area contributed by atoms with Gasteiger partial charge in [0.2, 0.25) is 5.78 Å². The highest BCUT2D eigenvalue weighted by Crippen LogP contribution is 2.36. The van der Waals surface area contributed by atoms with Crippen LogP contribution < -0.4 is 0 Å². The van der Waals surface area contributed by atoms with Crippen LogP contribution in [0.25, 0.3) is 0 Å². The zero-order valence-corrected chi connectivity index (χ0v) is 11.6. The van der Waals surface area contributed by atoms with Gasteiger partial charge < -0.3 is 4.74 Å². The van der Waals surface area contributed by atoms with E-state index in [0.29, 0.717) is 29.8 Å². The van der Waals surface area contributed by atoms with Gasteiger partial charge in [0, 0.05) is 13.2 Å². The molecule has 0 aromatic carbocycles. The standard InChI is InChI=1S/C13H19ClN2O2/c1-3-7-16-11(10(14)8-15-16)12(17)13(18-4-2)9-5-6-9/h8-9,13H,3-7H2,1-2H3. The molecule has 0 spiro atoms. The van der Waals surface area contributed by atoms with Crippen molar-refractivity contribution >= 4 is 17.4 Å². The first-order valence-electron chi connectivity index (χ1n) is 6.56. The first-order chi connectivity index (χ1) is 8.69. The van der Waals surface area contributed by atoms with Gasteiger partial charge in [0.05, 0.1) is 11.2 Å². The van der Waals surface area contributed by atoms with E-state index >= 15 is 0 Å². The van der Waals surface area contributed by atoms with Gasteiger partial charge in [-0.05, 0) is 32.1 Å². The molecule has 1 heterocycles. The number of carbonyl (C=O) groups excluding carboxylic acids is 1. The Labute approximate surface area is 112 Å². The predicted octanol–water partition coefficient (Wildman–Crippen LogP) is 2.94. The summed E-state index contributed by atoms with van der Waals surface area (Å²) >= 11 is 6.09. The van der Waals surface area contributed by atoms with Gasteiger partial charge in [-0.2, -0.15) is 5.10 Å². The van der Waals surface area contributed by atoms with Gasteiger partial charge in [0.1, 0.15) is 11.8 Å². The van der Waals surface area contributed by atoms with E-state index in [1.165, 1.54) is 0 Å². The number of aromatic nitrogens is 2. The van der Waals surface area contributed by atoms with Crippen LogP contribution in [0.3, 0.4) is 0 Å². The third-order valence-corrected chi connectivity index (χ3v) is 3.39. The average molecular weight is 271 g/mol. The highest BCUT2D eigenvalue weighted by molar-refractivity contribution is 6.33. The average Bonchev–Trinajstić information content (AvgIpc) is 3.11. The molecule has 0 saturated heterocycles. The second-order valence-corrected chi connectivity index (χ2v) is 5.05. The maximum Gasteiger partial charge on any atom is 0.211 e. The fraction of sp³-hybridized carbons (Fsp3) is 0.692. The van der Waals surface area contributed by atoms with Crippen LogP contribution in [-0.2, 0) is 11.3 Å². The maximum absolute atomic E-state index is 12.5. The molecule has 1 unspecified atom stereocenters. The topological polar surface area (TPSA) is 44.1 Å². The number of ether oxygens (including phenoxy) is 1. The molecule has 18 heavy (non-hydrogen) atoms. The largest absolute Gasteiger partial charge is 0.370 e. The number of halogens is 1. The van der Waals surface area contributed by atoms with Crippen LogP contribution in [0.5, 0.6) is 0 Å². The molecule has 2 rings (SSSR count). The summed E-state index contributed by atoms with van der Waals surface area (Å²) in [5.41, 5.74) is 0.504. The molecule has 0 amide bonds. The lowest BCUT2D eigenvalue weighted by molar-refractivity contribution is 0.0365. The van der Waals surface area contributed by atoms with Gasteiger partial charge in [-0.25, -0.2) is 0 Å². The Hall–Kier alpha value is -0.870. The molecule has 0 N–H and O–H groups in total. The fourth-order valence-corrected chi connectivity index (χ4v) is 2.36. The number of aryl methyl sites for hydroxylation is 1. The summed E-state index contributed by atoms with van der Waals surface area (Å²) in [5, 5.41) is 4.59. The van der Waals surface area contributed by atoms with E-state index in [2.05, 4.69) is 5.10 Å². The molecule has 1 aromatic rings. The smallest absolute Gasteiger partial charge is 0.211 e. The molecule has 1 aliphatic carbocycles. The van der Waals surface area contributed by atoms with Crippen molar-refractivity contribution in [1.29, 1.82) is 0 Å². The number of hydrogen-bond acceptors (Lipinski definition) is 3. The van der Waals surface area contributed by atoms with Crippen LogP contribution in [0.4, 0.5) is 0 Å². The minimum Gasteiger partial charge on any atom is -0.370 e. The Kier molecular flexibility index (Phi) is 4.40. The van der Waals surface area contributed by atoms with Crippen molar-refractivity contribution in [3.63, 3.8) is 0 Å². The van der Waals surface area contributed by atoms with Crippen LogP contribution in [0, 0.1) is 5.92 Å².